The normalized spacial score (nSPS) is 12.3. The van der Waals surface area contributed by atoms with Crippen molar-refractivity contribution in [2.75, 3.05) is 26.2 Å². The van der Waals surface area contributed by atoms with Gasteiger partial charge in [-0.2, -0.15) is 0 Å². The maximum Gasteiger partial charge on any atom is 0.250 e. The first-order valence-corrected chi connectivity index (χ1v) is 8.53. The van der Waals surface area contributed by atoms with E-state index in [9.17, 15) is 4.79 Å². The molecule has 6 nitrogen and oxygen atoms in total. The highest BCUT2D eigenvalue weighted by molar-refractivity contribution is 6.01. The molecule has 0 aromatic heterocycles. The second kappa shape index (κ2) is 8.14. The average molecular weight is 369 g/mol. The topological polar surface area (TPSA) is 57.2 Å². The average Bonchev–Trinajstić information content (AvgIpc) is 3.18. The molecule has 0 unspecified atom stereocenters. The van der Waals surface area contributed by atoms with Gasteiger partial charge in [-0.1, -0.05) is 12.6 Å². The molecule has 2 aromatic carbocycles. The van der Waals surface area contributed by atoms with Crippen LogP contribution in [0.3, 0.4) is 0 Å². The quantitative estimate of drug-likeness (QED) is 0.700. The van der Waals surface area contributed by atoms with Crippen molar-refractivity contribution in [1.82, 2.24) is 0 Å². The van der Waals surface area contributed by atoms with Gasteiger partial charge in [0.25, 0.3) is 5.91 Å². The van der Waals surface area contributed by atoms with E-state index < -0.39 is 0 Å². The van der Waals surface area contributed by atoms with Gasteiger partial charge in [0.05, 0.1) is 41.1 Å². The van der Waals surface area contributed by atoms with Crippen LogP contribution >= 0.6 is 0 Å². The van der Waals surface area contributed by atoms with Gasteiger partial charge in [0.15, 0.2) is 11.5 Å². The summed E-state index contributed by atoms with van der Waals surface area (Å²) in [5, 5.41) is 0. The van der Waals surface area contributed by atoms with Gasteiger partial charge in [0.1, 0.15) is 0 Å². The number of amides is 1. The van der Waals surface area contributed by atoms with Crippen LogP contribution in [0, 0.1) is 0 Å². The molecule has 0 aliphatic carbocycles. The maximum absolute atomic E-state index is 12.5. The fraction of sp³-hybridized carbons (Fsp3) is 0.286. The van der Waals surface area contributed by atoms with Crippen LogP contribution < -0.4 is 19.1 Å². The van der Waals surface area contributed by atoms with Crippen LogP contribution in [0.4, 0.5) is 5.69 Å². The summed E-state index contributed by atoms with van der Waals surface area (Å²) < 4.78 is 21.6. The Labute approximate surface area is 158 Å². The number of hydrogen-bond donors (Lipinski definition) is 0. The van der Waals surface area contributed by atoms with Crippen LogP contribution in [-0.4, -0.2) is 27.2 Å². The number of nitrogens with zero attached hydrogens (tertiary/aromatic N) is 1. The molecule has 142 valence electrons. The third-order valence-corrected chi connectivity index (χ3v) is 4.52. The Morgan fingerprint density at radius 3 is 2.33 bits per heavy atom. The van der Waals surface area contributed by atoms with E-state index in [1.165, 1.54) is 6.08 Å². The van der Waals surface area contributed by atoms with Crippen LogP contribution in [0.1, 0.15) is 16.7 Å². The Kier molecular flexibility index (Phi) is 5.66. The molecule has 0 radical (unpaired) electrons. The number of ether oxygens (including phenoxy) is 4. The van der Waals surface area contributed by atoms with Gasteiger partial charge in [0, 0.05) is 5.69 Å². The van der Waals surface area contributed by atoms with E-state index in [1.54, 1.807) is 26.2 Å². The molecule has 1 aliphatic heterocycles. The summed E-state index contributed by atoms with van der Waals surface area (Å²) >= 11 is 0. The van der Waals surface area contributed by atoms with Gasteiger partial charge in [0.2, 0.25) is 5.75 Å². The van der Waals surface area contributed by atoms with Crippen LogP contribution in [0.2, 0.25) is 0 Å². The molecule has 3 rings (SSSR count). The molecule has 0 fully saturated rings. The zero-order chi connectivity index (χ0) is 19.4. The molecule has 1 heterocycles. The van der Waals surface area contributed by atoms with Crippen molar-refractivity contribution < 1.29 is 23.7 Å². The lowest BCUT2D eigenvalue weighted by atomic mass is 10.1. The van der Waals surface area contributed by atoms with Crippen molar-refractivity contribution >= 4 is 11.6 Å². The number of benzene rings is 2. The molecular weight excluding hydrogens is 346 g/mol. The van der Waals surface area contributed by atoms with E-state index in [0.29, 0.717) is 37.0 Å². The number of rotatable bonds is 7. The smallest absolute Gasteiger partial charge is 0.250 e. The van der Waals surface area contributed by atoms with Gasteiger partial charge in [-0.15, -0.1) is 0 Å². The minimum absolute atomic E-state index is 0.192. The van der Waals surface area contributed by atoms with Gasteiger partial charge < -0.3 is 23.8 Å². The summed E-state index contributed by atoms with van der Waals surface area (Å²) in [5.74, 6) is 1.41. The molecule has 1 aliphatic rings. The van der Waals surface area contributed by atoms with Gasteiger partial charge >= 0.3 is 0 Å². The van der Waals surface area contributed by atoms with Crippen LogP contribution in [0.15, 0.2) is 43.0 Å². The SMILES string of the molecule is C=CC(=O)N(Cc1cc(OC)c(OC)c(OC)c1)c1ccc2c(c1)COC2. The number of fused-ring (bicyclic) bond motifs is 1. The van der Waals surface area contributed by atoms with Crippen molar-refractivity contribution in [2.24, 2.45) is 0 Å². The van der Waals surface area contributed by atoms with Gasteiger partial charge in [-0.05, 0) is 47.0 Å². The Balaban J connectivity index is 1.98. The Hall–Kier alpha value is -2.99. The van der Waals surface area contributed by atoms with Gasteiger partial charge in [-0.3, -0.25) is 4.79 Å². The van der Waals surface area contributed by atoms with Crippen LogP contribution in [0.25, 0.3) is 0 Å². The predicted octanol–water partition coefficient (Wildman–Crippen LogP) is 3.46. The third kappa shape index (κ3) is 3.75. The predicted molar refractivity (Wildman–Crippen MR) is 102 cm³/mol. The molecule has 0 atom stereocenters. The van der Waals surface area contributed by atoms with E-state index in [-0.39, 0.29) is 5.91 Å². The first-order chi connectivity index (χ1) is 13.1. The minimum Gasteiger partial charge on any atom is -0.493 e. The van der Waals surface area contributed by atoms with E-state index in [2.05, 4.69) is 6.58 Å². The number of carbonyl (C=O) groups is 1. The van der Waals surface area contributed by atoms with Crippen LogP contribution in [0.5, 0.6) is 17.2 Å². The van der Waals surface area contributed by atoms with Crippen molar-refractivity contribution in [3.8, 4) is 17.2 Å². The lowest BCUT2D eigenvalue weighted by Crippen LogP contribution is -2.28. The second-order valence-electron chi connectivity index (χ2n) is 6.11. The summed E-state index contributed by atoms with van der Waals surface area (Å²) in [4.78, 5) is 14.2. The van der Waals surface area contributed by atoms with Crippen molar-refractivity contribution in [3.63, 3.8) is 0 Å². The molecule has 0 N–H and O–H groups in total. The van der Waals surface area contributed by atoms with Crippen molar-refractivity contribution in [3.05, 3.63) is 59.7 Å². The highest BCUT2D eigenvalue weighted by Crippen LogP contribution is 2.39. The molecule has 0 saturated carbocycles. The third-order valence-electron chi connectivity index (χ3n) is 4.52. The molecule has 27 heavy (non-hydrogen) atoms. The summed E-state index contributed by atoms with van der Waals surface area (Å²) in [5.41, 5.74) is 3.88. The molecule has 2 aromatic rings. The van der Waals surface area contributed by atoms with Gasteiger partial charge in [-0.25, -0.2) is 0 Å². The van der Waals surface area contributed by atoms with E-state index in [4.69, 9.17) is 18.9 Å². The lowest BCUT2D eigenvalue weighted by Gasteiger charge is -2.23. The van der Waals surface area contributed by atoms with Crippen molar-refractivity contribution in [2.45, 2.75) is 19.8 Å². The minimum atomic E-state index is -0.192. The summed E-state index contributed by atoms with van der Waals surface area (Å²) in [6.45, 7) is 5.13. The summed E-state index contributed by atoms with van der Waals surface area (Å²) in [6.07, 6.45) is 1.31. The van der Waals surface area contributed by atoms with Crippen LogP contribution in [-0.2, 0) is 29.3 Å². The number of carbonyl (C=O) groups excluding carboxylic acids is 1. The Morgan fingerprint density at radius 1 is 1.07 bits per heavy atom. The fourth-order valence-corrected chi connectivity index (χ4v) is 3.14. The first kappa shape index (κ1) is 18.8. The van der Waals surface area contributed by atoms with E-state index >= 15 is 0 Å². The lowest BCUT2D eigenvalue weighted by molar-refractivity contribution is -0.114. The molecule has 1 amide bonds. The monoisotopic (exact) mass is 369 g/mol. The molecular formula is C21H23NO5. The highest BCUT2D eigenvalue weighted by atomic mass is 16.5. The molecule has 6 heteroatoms. The standard InChI is InChI=1S/C21H23NO5/c1-5-20(23)22(17-7-6-15-12-27-13-16(15)10-17)11-14-8-18(24-2)21(26-4)19(9-14)25-3/h5-10H,1,11-13H2,2-4H3. The first-order valence-electron chi connectivity index (χ1n) is 8.53. The largest absolute Gasteiger partial charge is 0.493 e. The Morgan fingerprint density at radius 2 is 1.74 bits per heavy atom. The maximum atomic E-state index is 12.5. The zero-order valence-electron chi connectivity index (χ0n) is 15.8. The summed E-state index contributed by atoms with van der Waals surface area (Å²) in [7, 11) is 4.68. The molecule has 0 spiro atoms. The number of anilines is 1. The van der Waals surface area contributed by atoms with E-state index in [1.807, 2.05) is 30.3 Å². The second-order valence-corrected chi connectivity index (χ2v) is 6.11. The molecule has 0 bridgehead atoms. The van der Waals surface area contributed by atoms with Crippen molar-refractivity contribution in [1.29, 1.82) is 0 Å². The molecule has 0 saturated heterocycles. The number of hydrogen-bond acceptors (Lipinski definition) is 5. The highest BCUT2D eigenvalue weighted by Gasteiger charge is 2.20. The zero-order valence-corrected chi connectivity index (χ0v) is 15.8. The fourth-order valence-electron chi connectivity index (χ4n) is 3.14. The number of methoxy groups -OCH3 is 3. The summed E-state index contributed by atoms with van der Waals surface area (Å²) in [6, 6.07) is 9.58. The Bertz CT molecular complexity index is 837. The van der Waals surface area contributed by atoms with E-state index in [0.717, 1.165) is 22.4 Å².